The topological polar surface area (TPSA) is 62.1 Å². The van der Waals surface area contributed by atoms with E-state index in [1.807, 2.05) is 6.92 Å². The smallest absolute Gasteiger partial charge is 0.412 e. The molecule has 0 aliphatic carbocycles. The first-order valence-electron chi connectivity index (χ1n) is 5.93. The molecule has 0 aliphatic rings. The number of carbonyl (C=O) groups is 1. The van der Waals surface area contributed by atoms with Gasteiger partial charge in [0.05, 0.1) is 17.3 Å². The quantitative estimate of drug-likeness (QED) is 0.874. The highest BCUT2D eigenvalue weighted by atomic mass is 16.6. The summed E-state index contributed by atoms with van der Waals surface area (Å²) in [7, 11) is 0. The minimum absolute atomic E-state index is 0.521. The van der Waals surface area contributed by atoms with Crippen molar-refractivity contribution in [2.24, 2.45) is 0 Å². The van der Waals surface area contributed by atoms with Crippen LogP contribution in [0.5, 0.6) is 0 Å². The van der Waals surface area contributed by atoms with E-state index in [4.69, 9.17) is 10.00 Å². The molecule has 0 heterocycles. The van der Waals surface area contributed by atoms with E-state index in [2.05, 4.69) is 18.0 Å². The Bertz CT molecular complexity index is 548. The van der Waals surface area contributed by atoms with E-state index in [0.29, 0.717) is 11.3 Å². The minimum atomic E-state index is -0.555. The Balaban J connectivity index is 2.99. The fourth-order valence-corrected chi connectivity index (χ4v) is 1.49. The molecule has 0 aromatic heterocycles. The van der Waals surface area contributed by atoms with Crippen LogP contribution in [0.4, 0.5) is 10.5 Å². The Morgan fingerprint density at radius 1 is 1.42 bits per heavy atom. The average Bonchev–Trinajstić information content (AvgIpc) is 2.26. The third-order valence-electron chi connectivity index (χ3n) is 2.24. The molecule has 1 N–H and O–H groups in total. The minimum Gasteiger partial charge on any atom is -0.444 e. The molecular formula is C15H18N2O2. The fourth-order valence-electron chi connectivity index (χ4n) is 1.49. The monoisotopic (exact) mass is 258 g/mol. The van der Waals surface area contributed by atoms with E-state index in [1.165, 1.54) is 0 Å². The van der Waals surface area contributed by atoms with Crippen molar-refractivity contribution in [2.75, 3.05) is 5.32 Å². The van der Waals surface area contributed by atoms with Crippen molar-refractivity contribution in [3.8, 4) is 6.07 Å². The van der Waals surface area contributed by atoms with Gasteiger partial charge >= 0.3 is 6.09 Å². The van der Waals surface area contributed by atoms with Gasteiger partial charge in [-0.25, -0.2) is 4.79 Å². The average molecular weight is 258 g/mol. The zero-order valence-electron chi connectivity index (χ0n) is 11.7. The van der Waals surface area contributed by atoms with Crippen molar-refractivity contribution in [2.45, 2.75) is 33.3 Å². The molecule has 0 atom stereocenters. The Kier molecular flexibility index (Phi) is 4.34. The lowest BCUT2D eigenvalue weighted by molar-refractivity contribution is 0.0636. The Hall–Kier alpha value is -2.28. The summed E-state index contributed by atoms with van der Waals surface area (Å²) < 4.78 is 5.19. The first-order chi connectivity index (χ1) is 8.73. The van der Waals surface area contributed by atoms with Crippen molar-refractivity contribution in [3.05, 3.63) is 35.9 Å². The van der Waals surface area contributed by atoms with E-state index in [0.717, 1.165) is 11.1 Å². The highest BCUT2D eigenvalue weighted by Gasteiger charge is 2.17. The molecule has 0 fully saturated rings. The second kappa shape index (κ2) is 5.57. The number of allylic oxidation sites excluding steroid dienone is 1. The van der Waals surface area contributed by atoms with Crippen molar-refractivity contribution in [1.82, 2.24) is 0 Å². The van der Waals surface area contributed by atoms with E-state index in [1.54, 1.807) is 39.0 Å². The maximum absolute atomic E-state index is 11.7. The van der Waals surface area contributed by atoms with Gasteiger partial charge in [-0.2, -0.15) is 5.26 Å². The molecule has 100 valence electrons. The number of hydrogen-bond donors (Lipinski definition) is 1. The Morgan fingerprint density at radius 2 is 2.05 bits per heavy atom. The van der Waals surface area contributed by atoms with Gasteiger partial charge in [-0.3, -0.25) is 5.32 Å². The van der Waals surface area contributed by atoms with Crippen molar-refractivity contribution < 1.29 is 9.53 Å². The lowest BCUT2D eigenvalue weighted by Crippen LogP contribution is -2.27. The van der Waals surface area contributed by atoms with Crippen LogP contribution >= 0.6 is 0 Å². The SMILES string of the molecule is C=C(C)c1cc(C#N)ccc1NC(=O)OC(C)(C)C. The highest BCUT2D eigenvalue weighted by molar-refractivity contribution is 5.89. The van der Waals surface area contributed by atoms with Gasteiger partial charge in [-0.1, -0.05) is 6.58 Å². The molecule has 4 heteroatoms. The summed E-state index contributed by atoms with van der Waals surface area (Å²) in [5.41, 5.74) is 2.04. The number of ether oxygens (including phenoxy) is 1. The van der Waals surface area contributed by atoms with Crippen molar-refractivity contribution >= 4 is 17.4 Å². The third kappa shape index (κ3) is 4.47. The summed E-state index contributed by atoms with van der Waals surface area (Å²) in [5, 5.41) is 11.5. The lowest BCUT2D eigenvalue weighted by Gasteiger charge is -2.20. The summed E-state index contributed by atoms with van der Waals surface area (Å²) in [5.74, 6) is 0. The number of anilines is 1. The van der Waals surface area contributed by atoms with Crippen LogP contribution in [0.25, 0.3) is 5.57 Å². The van der Waals surface area contributed by atoms with Crippen LogP contribution in [0.2, 0.25) is 0 Å². The molecule has 0 aliphatic heterocycles. The van der Waals surface area contributed by atoms with Gasteiger partial charge in [0, 0.05) is 5.56 Å². The summed E-state index contributed by atoms with van der Waals surface area (Å²) >= 11 is 0. The molecule has 1 rings (SSSR count). The van der Waals surface area contributed by atoms with Crippen LogP contribution < -0.4 is 5.32 Å². The van der Waals surface area contributed by atoms with Crippen LogP contribution in [0.1, 0.15) is 38.8 Å². The van der Waals surface area contributed by atoms with Gasteiger partial charge < -0.3 is 4.74 Å². The normalized spacial score (nSPS) is 10.5. The molecular weight excluding hydrogens is 240 g/mol. The van der Waals surface area contributed by atoms with Crippen molar-refractivity contribution in [3.63, 3.8) is 0 Å². The molecule has 0 spiro atoms. The second-order valence-corrected chi connectivity index (χ2v) is 5.28. The number of nitrogens with one attached hydrogen (secondary N) is 1. The maximum atomic E-state index is 11.7. The third-order valence-corrected chi connectivity index (χ3v) is 2.24. The number of nitrogens with zero attached hydrogens (tertiary/aromatic N) is 1. The standard InChI is InChI=1S/C15H18N2O2/c1-10(2)12-8-11(9-16)6-7-13(12)17-14(18)19-15(3,4)5/h6-8H,1H2,2-5H3,(H,17,18). The van der Waals surface area contributed by atoms with Gasteiger partial charge in [-0.15, -0.1) is 0 Å². The highest BCUT2D eigenvalue weighted by Crippen LogP contribution is 2.24. The molecule has 0 saturated heterocycles. The van der Waals surface area contributed by atoms with Gasteiger partial charge in [0.25, 0.3) is 0 Å². The molecule has 19 heavy (non-hydrogen) atoms. The number of amides is 1. The van der Waals surface area contributed by atoms with Gasteiger partial charge in [0.2, 0.25) is 0 Å². The molecule has 1 aromatic carbocycles. The van der Waals surface area contributed by atoms with E-state index >= 15 is 0 Å². The number of rotatable bonds is 2. The zero-order valence-corrected chi connectivity index (χ0v) is 11.7. The molecule has 0 unspecified atom stereocenters. The number of nitriles is 1. The molecule has 0 bridgehead atoms. The van der Waals surface area contributed by atoms with Gasteiger partial charge in [0.15, 0.2) is 0 Å². The summed E-state index contributed by atoms with van der Waals surface area (Å²) in [6, 6.07) is 7.06. The van der Waals surface area contributed by atoms with Crippen molar-refractivity contribution in [1.29, 1.82) is 5.26 Å². The fraction of sp³-hybridized carbons (Fsp3) is 0.333. The predicted octanol–water partition coefficient (Wildman–Crippen LogP) is 3.94. The second-order valence-electron chi connectivity index (χ2n) is 5.28. The molecule has 1 aromatic rings. The van der Waals surface area contributed by atoms with E-state index < -0.39 is 11.7 Å². The molecule has 1 amide bonds. The number of hydrogen-bond acceptors (Lipinski definition) is 3. The molecule has 0 saturated carbocycles. The maximum Gasteiger partial charge on any atom is 0.412 e. The van der Waals surface area contributed by atoms with Gasteiger partial charge in [-0.05, 0) is 51.5 Å². The Morgan fingerprint density at radius 3 is 2.53 bits per heavy atom. The largest absolute Gasteiger partial charge is 0.444 e. The summed E-state index contributed by atoms with van der Waals surface area (Å²) in [4.78, 5) is 11.7. The van der Waals surface area contributed by atoms with Crippen LogP contribution in [0.3, 0.4) is 0 Å². The predicted molar refractivity (Wildman–Crippen MR) is 75.7 cm³/mol. The zero-order chi connectivity index (χ0) is 14.6. The van der Waals surface area contributed by atoms with E-state index in [9.17, 15) is 4.79 Å². The summed E-state index contributed by atoms with van der Waals surface area (Å²) in [6.45, 7) is 11.0. The molecule has 4 nitrogen and oxygen atoms in total. The lowest BCUT2D eigenvalue weighted by atomic mass is 10.0. The Labute approximate surface area is 113 Å². The van der Waals surface area contributed by atoms with Crippen LogP contribution in [-0.4, -0.2) is 11.7 Å². The number of benzene rings is 1. The van der Waals surface area contributed by atoms with E-state index in [-0.39, 0.29) is 0 Å². The number of carbonyl (C=O) groups excluding carboxylic acids is 1. The van der Waals surface area contributed by atoms with Crippen LogP contribution in [0, 0.1) is 11.3 Å². The first-order valence-corrected chi connectivity index (χ1v) is 5.93. The molecule has 0 radical (unpaired) electrons. The van der Waals surface area contributed by atoms with Gasteiger partial charge in [0.1, 0.15) is 5.60 Å². The summed E-state index contributed by atoms with van der Waals surface area (Å²) in [6.07, 6.45) is -0.528. The first kappa shape index (κ1) is 14.8. The van der Waals surface area contributed by atoms with Crippen LogP contribution in [-0.2, 0) is 4.74 Å². The van der Waals surface area contributed by atoms with Crippen LogP contribution in [0.15, 0.2) is 24.8 Å².